The highest BCUT2D eigenvalue weighted by Crippen LogP contribution is 2.44. The van der Waals surface area contributed by atoms with Gasteiger partial charge in [0.1, 0.15) is 6.61 Å². The molecule has 0 aliphatic heterocycles. The van der Waals surface area contributed by atoms with Gasteiger partial charge in [0.05, 0.1) is 5.92 Å². The Balaban J connectivity index is 1.24. The maximum Gasteiger partial charge on any atom is 0.407 e. The molecular weight excluding hydrogens is 396 g/mol. The van der Waals surface area contributed by atoms with E-state index in [1.54, 1.807) is 6.92 Å². The van der Waals surface area contributed by atoms with Crippen LogP contribution in [0.4, 0.5) is 4.79 Å². The largest absolute Gasteiger partial charge is 0.481 e. The van der Waals surface area contributed by atoms with E-state index in [9.17, 15) is 14.4 Å². The fourth-order valence-corrected chi connectivity index (χ4v) is 4.26. The summed E-state index contributed by atoms with van der Waals surface area (Å²) >= 11 is 0. The molecule has 0 bridgehead atoms. The first-order chi connectivity index (χ1) is 14.9. The predicted octanol–water partition coefficient (Wildman–Crippen LogP) is 3.14. The summed E-state index contributed by atoms with van der Waals surface area (Å²) in [6.07, 6.45) is 0.146. The van der Waals surface area contributed by atoms with Gasteiger partial charge >= 0.3 is 12.1 Å². The minimum Gasteiger partial charge on any atom is -0.481 e. The van der Waals surface area contributed by atoms with Crippen LogP contribution < -0.4 is 10.6 Å². The highest BCUT2D eigenvalue weighted by Gasteiger charge is 2.43. The normalized spacial score (nSPS) is 19.6. The topological polar surface area (TPSA) is 105 Å². The molecule has 3 N–H and O–H groups in total. The summed E-state index contributed by atoms with van der Waals surface area (Å²) in [4.78, 5) is 35.1. The zero-order chi connectivity index (χ0) is 22.0. The van der Waals surface area contributed by atoms with Crippen molar-refractivity contribution in [2.75, 3.05) is 13.2 Å². The summed E-state index contributed by atoms with van der Waals surface area (Å²) in [7, 11) is 0. The van der Waals surface area contributed by atoms with E-state index in [2.05, 4.69) is 34.9 Å². The zero-order valence-corrected chi connectivity index (χ0v) is 17.3. The first-order valence-electron chi connectivity index (χ1n) is 10.5. The Kier molecular flexibility index (Phi) is 5.93. The number of carboxylic acids is 1. The van der Waals surface area contributed by atoms with Gasteiger partial charge in [-0.2, -0.15) is 0 Å². The van der Waals surface area contributed by atoms with E-state index < -0.39 is 18.1 Å². The van der Waals surface area contributed by atoms with Crippen LogP contribution in [-0.4, -0.2) is 42.3 Å². The fourth-order valence-electron chi connectivity index (χ4n) is 4.26. The summed E-state index contributed by atoms with van der Waals surface area (Å²) in [5.74, 6) is -1.40. The van der Waals surface area contributed by atoms with Gasteiger partial charge in [0.15, 0.2) is 0 Å². The van der Waals surface area contributed by atoms with Crippen LogP contribution in [0.25, 0.3) is 11.1 Å². The molecule has 0 radical (unpaired) electrons. The van der Waals surface area contributed by atoms with Crippen molar-refractivity contribution in [1.29, 1.82) is 0 Å². The molecule has 2 unspecified atom stereocenters. The molecule has 2 amide bonds. The standard InChI is InChI=1S/C24H26N2O5/c1-14(10-22(27)25-12-15-11-20(15)23(28)29)26-24(30)31-13-21-18-8-4-2-6-16(18)17-7-3-5-9-19(17)21/h2-9,14-15,20-21H,10-13H2,1H3,(H,25,27)(H,26,30)(H,28,29)/t14-,15?,20?/m0/s1. The number of ether oxygens (including phenoxy) is 1. The summed E-state index contributed by atoms with van der Waals surface area (Å²) in [5, 5.41) is 14.3. The summed E-state index contributed by atoms with van der Waals surface area (Å²) in [6, 6.07) is 15.9. The van der Waals surface area contributed by atoms with Crippen LogP contribution in [0, 0.1) is 11.8 Å². The Morgan fingerprint density at radius 2 is 1.68 bits per heavy atom. The second-order valence-electron chi connectivity index (χ2n) is 8.32. The van der Waals surface area contributed by atoms with Gasteiger partial charge in [0.2, 0.25) is 5.91 Å². The van der Waals surface area contributed by atoms with Crippen LogP contribution in [0.5, 0.6) is 0 Å². The molecule has 2 aromatic carbocycles. The highest BCUT2D eigenvalue weighted by atomic mass is 16.5. The van der Waals surface area contributed by atoms with Crippen molar-refractivity contribution in [3.8, 4) is 11.1 Å². The van der Waals surface area contributed by atoms with E-state index in [0.717, 1.165) is 22.3 Å². The lowest BCUT2D eigenvalue weighted by atomic mass is 9.98. The number of carbonyl (C=O) groups excluding carboxylic acids is 2. The average molecular weight is 422 g/mol. The van der Waals surface area contributed by atoms with Gasteiger partial charge in [-0.1, -0.05) is 48.5 Å². The molecule has 0 saturated heterocycles. The number of nitrogens with one attached hydrogen (secondary N) is 2. The van der Waals surface area contributed by atoms with E-state index in [1.165, 1.54) is 0 Å². The quantitative estimate of drug-likeness (QED) is 0.606. The molecule has 31 heavy (non-hydrogen) atoms. The SMILES string of the molecule is C[C@@H](CC(=O)NCC1CC1C(=O)O)NC(=O)OCC1c2ccccc2-c2ccccc21. The van der Waals surface area contributed by atoms with E-state index in [4.69, 9.17) is 9.84 Å². The maximum absolute atomic E-state index is 12.3. The van der Waals surface area contributed by atoms with Gasteiger partial charge < -0.3 is 20.5 Å². The second kappa shape index (κ2) is 8.79. The second-order valence-corrected chi connectivity index (χ2v) is 8.32. The molecule has 1 saturated carbocycles. The third-order valence-corrected chi connectivity index (χ3v) is 6.00. The van der Waals surface area contributed by atoms with Crippen molar-refractivity contribution in [3.05, 3.63) is 59.7 Å². The van der Waals surface area contributed by atoms with E-state index in [1.807, 2.05) is 24.3 Å². The Hall–Kier alpha value is -3.35. The van der Waals surface area contributed by atoms with Crippen molar-refractivity contribution in [2.24, 2.45) is 11.8 Å². The van der Waals surface area contributed by atoms with Crippen LogP contribution in [0.3, 0.4) is 0 Å². The molecule has 162 valence electrons. The van der Waals surface area contributed by atoms with Crippen molar-refractivity contribution in [3.63, 3.8) is 0 Å². The van der Waals surface area contributed by atoms with Gasteiger partial charge in [-0.3, -0.25) is 9.59 Å². The van der Waals surface area contributed by atoms with Crippen LogP contribution in [0.2, 0.25) is 0 Å². The lowest BCUT2D eigenvalue weighted by Crippen LogP contribution is -2.38. The average Bonchev–Trinajstić information content (AvgIpc) is 3.46. The minimum atomic E-state index is -0.815. The molecule has 7 heteroatoms. The molecule has 7 nitrogen and oxygen atoms in total. The molecule has 4 rings (SSSR count). The molecule has 1 fully saturated rings. The van der Waals surface area contributed by atoms with E-state index in [-0.39, 0.29) is 36.7 Å². The van der Waals surface area contributed by atoms with Gasteiger partial charge in [-0.05, 0) is 41.5 Å². The summed E-state index contributed by atoms with van der Waals surface area (Å²) in [5.41, 5.74) is 4.61. The third-order valence-electron chi connectivity index (χ3n) is 6.00. The molecule has 2 aliphatic carbocycles. The number of fused-ring (bicyclic) bond motifs is 3. The first kappa shape index (κ1) is 20.9. The van der Waals surface area contributed by atoms with Gasteiger partial charge in [0, 0.05) is 24.9 Å². The highest BCUT2D eigenvalue weighted by molar-refractivity contribution is 5.80. The van der Waals surface area contributed by atoms with Crippen molar-refractivity contribution in [2.45, 2.75) is 31.7 Å². The summed E-state index contributed by atoms with van der Waals surface area (Å²) < 4.78 is 5.49. The number of alkyl carbamates (subject to hydrolysis) is 1. The van der Waals surface area contributed by atoms with Crippen molar-refractivity contribution >= 4 is 18.0 Å². The summed E-state index contributed by atoms with van der Waals surface area (Å²) in [6.45, 7) is 2.31. The number of aliphatic carboxylic acids is 1. The Labute approximate surface area is 180 Å². The number of hydrogen-bond donors (Lipinski definition) is 3. The molecule has 2 aliphatic rings. The lowest BCUT2D eigenvalue weighted by Gasteiger charge is -2.17. The smallest absolute Gasteiger partial charge is 0.407 e. The lowest BCUT2D eigenvalue weighted by molar-refractivity contribution is -0.139. The number of carboxylic acid groups (broad SMARTS) is 1. The van der Waals surface area contributed by atoms with E-state index >= 15 is 0 Å². The van der Waals surface area contributed by atoms with Gasteiger partial charge in [-0.15, -0.1) is 0 Å². The molecule has 2 aromatic rings. The Bertz CT molecular complexity index is 959. The number of rotatable bonds is 8. The molecule has 3 atom stereocenters. The fraction of sp³-hybridized carbons (Fsp3) is 0.375. The number of hydrogen-bond acceptors (Lipinski definition) is 4. The number of carbonyl (C=O) groups is 3. The molecule has 0 heterocycles. The Morgan fingerprint density at radius 3 is 2.26 bits per heavy atom. The molecular formula is C24H26N2O5. The third kappa shape index (κ3) is 4.71. The van der Waals surface area contributed by atoms with Gasteiger partial charge in [0.25, 0.3) is 0 Å². The van der Waals surface area contributed by atoms with Gasteiger partial charge in [-0.25, -0.2) is 4.79 Å². The monoisotopic (exact) mass is 422 g/mol. The Morgan fingerprint density at radius 1 is 1.06 bits per heavy atom. The van der Waals surface area contributed by atoms with Crippen LogP contribution >= 0.6 is 0 Å². The predicted molar refractivity (Wildman–Crippen MR) is 115 cm³/mol. The van der Waals surface area contributed by atoms with E-state index in [0.29, 0.717) is 13.0 Å². The minimum absolute atomic E-state index is 0.00634. The van der Waals surface area contributed by atoms with Crippen LogP contribution in [0.1, 0.15) is 36.8 Å². The first-order valence-corrected chi connectivity index (χ1v) is 10.5. The maximum atomic E-state index is 12.3. The van der Waals surface area contributed by atoms with Crippen LogP contribution in [0.15, 0.2) is 48.5 Å². The molecule has 0 spiro atoms. The number of benzene rings is 2. The van der Waals surface area contributed by atoms with Crippen molar-refractivity contribution < 1.29 is 24.2 Å². The number of amides is 2. The zero-order valence-electron chi connectivity index (χ0n) is 17.3. The molecule has 0 aromatic heterocycles. The van der Waals surface area contributed by atoms with Crippen LogP contribution in [-0.2, 0) is 14.3 Å². The van der Waals surface area contributed by atoms with Crippen molar-refractivity contribution in [1.82, 2.24) is 10.6 Å².